The predicted molar refractivity (Wildman–Crippen MR) is 81.0 cm³/mol. The van der Waals surface area contributed by atoms with E-state index in [0.29, 0.717) is 17.9 Å². The molecule has 1 aromatic carbocycles. The minimum Gasteiger partial charge on any atom is -0.494 e. The second kappa shape index (κ2) is 7.99. The van der Waals surface area contributed by atoms with Gasteiger partial charge < -0.3 is 14.1 Å². The van der Waals surface area contributed by atoms with E-state index < -0.39 is 5.82 Å². The normalized spacial score (nSPS) is 10.1. The van der Waals surface area contributed by atoms with Crippen molar-refractivity contribution in [1.29, 1.82) is 5.26 Å². The van der Waals surface area contributed by atoms with Crippen molar-refractivity contribution in [3.63, 3.8) is 0 Å². The maximum Gasteiger partial charge on any atom is 0.227 e. The fraction of sp³-hybridized carbons (Fsp3) is 0.294. The van der Waals surface area contributed by atoms with Crippen LogP contribution in [0.15, 0.2) is 41.0 Å². The Labute approximate surface area is 133 Å². The van der Waals surface area contributed by atoms with E-state index in [1.165, 1.54) is 30.4 Å². The monoisotopic (exact) mass is 316 g/mol. The van der Waals surface area contributed by atoms with Crippen LogP contribution in [-0.2, 0) is 17.8 Å². The first-order valence-electron chi connectivity index (χ1n) is 7.13. The summed E-state index contributed by atoms with van der Waals surface area (Å²) in [4.78, 5) is 14.0. The molecule has 2 rings (SSSR count). The smallest absolute Gasteiger partial charge is 0.227 e. The summed E-state index contributed by atoms with van der Waals surface area (Å²) in [6.45, 7) is 0.584. The number of hydrogen-bond donors (Lipinski definition) is 0. The topological polar surface area (TPSA) is 66.5 Å². The van der Waals surface area contributed by atoms with Gasteiger partial charge in [-0.1, -0.05) is 6.07 Å². The summed E-state index contributed by atoms with van der Waals surface area (Å²) in [7, 11) is 1.39. The Morgan fingerprint density at radius 3 is 2.87 bits per heavy atom. The highest BCUT2D eigenvalue weighted by atomic mass is 19.1. The first kappa shape index (κ1) is 16.6. The molecule has 6 heteroatoms. The summed E-state index contributed by atoms with van der Waals surface area (Å²) in [6.07, 6.45) is 1.80. The van der Waals surface area contributed by atoms with E-state index in [4.69, 9.17) is 14.4 Å². The highest BCUT2D eigenvalue weighted by Crippen LogP contribution is 2.18. The van der Waals surface area contributed by atoms with Crippen molar-refractivity contribution in [3.8, 4) is 11.8 Å². The van der Waals surface area contributed by atoms with Crippen LogP contribution in [0.4, 0.5) is 4.39 Å². The number of nitrogens with zero attached hydrogens (tertiary/aromatic N) is 2. The van der Waals surface area contributed by atoms with Crippen LogP contribution >= 0.6 is 0 Å². The summed E-state index contributed by atoms with van der Waals surface area (Å²) in [5, 5.41) is 8.73. The molecule has 0 aliphatic carbocycles. The third kappa shape index (κ3) is 4.58. The van der Waals surface area contributed by atoms with Gasteiger partial charge in [0.15, 0.2) is 11.6 Å². The zero-order valence-corrected chi connectivity index (χ0v) is 12.8. The van der Waals surface area contributed by atoms with E-state index in [9.17, 15) is 9.18 Å². The summed E-state index contributed by atoms with van der Waals surface area (Å²) in [5.41, 5.74) is 0.551. The molecule has 0 saturated heterocycles. The van der Waals surface area contributed by atoms with E-state index in [1.807, 2.05) is 6.07 Å². The molecule has 5 nitrogen and oxygen atoms in total. The lowest BCUT2D eigenvalue weighted by Crippen LogP contribution is -2.32. The summed E-state index contributed by atoms with van der Waals surface area (Å²) < 4.78 is 23.8. The summed E-state index contributed by atoms with van der Waals surface area (Å²) in [5.74, 6) is 0.0731. The van der Waals surface area contributed by atoms with Crippen LogP contribution in [0, 0.1) is 17.1 Å². The molecule has 1 heterocycles. The van der Waals surface area contributed by atoms with Gasteiger partial charge in [0.2, 0.25) is 5.91 Å². The second-order valence-electron chi connectivity index (χ2n) is 4.95. The number of halogens is 1. The first-order chi connectivity index (χ1) is 11.1. The molecule has 0 aliphatic heterocycles. The number of methoxy groups -OCH3 is 1. The van der Waals surface area contributed by atoms with Gasteiger partial charge in [0.25, 0.3) is 0 Å². The Balaban J connectivity index is 2.07. The zero-order chi connectivity index (χ0) is 16.7. The molecular formula is C17H17FN2O3. The quantitative estimate of drug-likeness (QED) is 0.788. The van der Waals surface area contributed by atoms with E-state index >= 15 is 0 Å². The van der Waals surface area contributed by atoms with Crippen LogP contribution in [0.1, 0.15) is 17.7 Å². The molecular weight excluding hydrogens is 299 g/mol. The van der Waals surface area contributed by atoms with Crippen molar-refractivity contribution in [2.24, 2.45) is 0 Å². The zero-order valence-electron chi connectivity index (χ0n) is 12.8. The van der Waals surface area contributed by atoms with Crippen molar-refractivity contribution >= 4 is 5.91 Å². The second-order valence-corrected chi connectivity index (χ2v) is 4.95. The molecule has 23 heavy (non-hydrogen) atoms. The summed E-state index contributed by atoms with van der Waals surface area (Å²) >= 11 is 0. The van der Waals surface area contributed by atoms with Crippen LogP contribution in [0.3, 0.4) is 0 Å². The van der Waals surface area contributed by atoms with Crippen LogP contribution in [-0.4, -0.2) is 24.5 Å². The van der Waals surface area contributed by atoms with Crippen molar-refractivity contribution in [1.82, 2.24) is 4.90 Å². The molecule has 0 unspecified atom stereocenters. The minimum absolute atomic E-state index is 0.0487. The number of carbonyl (C=O) groups is 1. The fourth-order valence-corrected chi connectivity index (χ4v) is 2.17. The van der Waals surface area contributed by atoms with E-state index in [1.54, 1.807) is 18.2 Å². The van der Waals surface area contributed by atoms with Gasteiger partial charge in [-0.05, 0) is 29.8 Å². The van der Waals surface area contributed by atoms with Crippen LogP contribution in [0.2, 0.25) is 0 Å². The lowest BCUT2D eigenvalue weighted by molar-refractivity contribution is -0.131. The molecule has 0 fully saturated rings. The molecule has 0 radical (unpaired) electrons. The van der Waals surface area contributed by atoms with Gasteiger partial charge in [-0.2, -0.15) is 5.26 Å². The van der Waals surface area contributed by atoms with E-state index in [0.717, 1.165) is 0 Å². The molecule has 2 aromatic rings. The SMILES string of the molecule is COc1ccc(CC(=O)N(CCC#N)Cc2ccco2)cc1F. The number of benzene rings is 1. The van der Waals surface area contributed by atoms with Gasteiger partial charge in [0, 0.05) is 6.54 Å². The number of carbonyl (C=O) groups excluding carboxylic acids is 1. The number of hydrogen-bond acceptors (Lipinski definition) is 4. The molecule has 0 bridgehead atoms. The molecule has 120 valence electrons. The lowest BCUT2D eigenvalue weighted by atomic mass is 10.1. The third-order valence-corrected chi connectivity index (χ3v) is 3.34. The highest BCUT2D eigenvalue weighted by Gasteiger charge is 2.16. The molecule has 0 spiro atoms. The van der Waals surface area contributed by atoms with Gasteiger partial charge in [-0.3, -0.25) is 4.79 Å². The molecule has 1 aromatic heterocycles. The van der Waals surface area contributed by atoms with Gasteiger partial charge >= 0.3 is 0 Å². The van der Waals surface area contributed by atoms with Crippen molar-refractivity contribution in [2.75, 3.05) is 13.7 Å². The van der Waals surface area contributed by atoms with Crippen LogP contribution in [0.5, 0.6) is 5.75 Å². The van der Waals surface area contributed by atoms with Gasteiger partial charge in [-0.25, -0.2) is 4.39 Å². The molecule has 1 amide bonds. The largest absolute Gasteiger partial charge is 0.494 e. The third-order valence-electron chi connectivity index (χ3n) is 3.34. The summed E-state index contributed by atoms with van der Waals surface area (Å²) in [6, 6.07) is 9.94. The van der Waals surface area contributed by atoms with Crippen molar-refractivity contribution in [3.05, 3.63) is 53.7 Å². The Kier molecular flexibility index (Phi) is 5.75. The number of amides is 1. The Bertz CT molecular complexity index is 692. The number of ether oxygens (including phenoxy) is 1. The van der Waals surface area contributed by atoms with Gasteiger partial charge in [0.05, 0.1) is 38.8 Å². The maximum atomic E-state index is 13.7. The molecule has 0 N–H and O–H groups in total. The number of rotatable bonds is 7. The standard InChI is InChI=1S/C17H17FN2O3/c1-22-16-6-5-13(10-15(16)18)11-17(21)20(8-3-7-19)12-14-4-2-9-23-14/h2,4-6,9-10H,3,8,11-12H2,1H3. The van der Waals surface area contributed by atoms with Gasteiger partial charge in [0.1, 0.15) is 5.76 Å². The van der Waals surface area contributed by atoms with E-state index in [-0.39, 0.29) is 31.0 Å². The highest BCUT2D eigenvalue weighted by molar-refractivity contribution is 5.78. The first-order valence-corrected chi connectivity index (χ1v) is 7.13. The molecule has 0 saturated carbocycles. The Morgan fingerprint density at radius 1 is 1.43 bits per heavy atom. The predicted octanol–water partition coefficient (Wildman–Crippen LogP) is 2.91. The van der Waals surface area contributed by atoms with E-state index in [2.05, 4.69) is 0 Å². The minimum atomic E-state index is -0.507. The van der Waals surface area contributed by atoms with Crippen LogP contribution in [0.25, 0.3) is 0 Å². The number of nitriles is 1. The molecule has 0 atom stereocenters. The van der Waals surface area contributed by atoms with Gasteiger partial charge in [-0.15, -0.1) is 0 Å². The Morgan fingerprint density at radius 2 is 2.26 bits per heavy atom. The van der Waals surface area contributed by atoms with Crippen molar-refractivity contribution < 1.29 is 18.3 Å². The fourth-order valence-electron chi connectivity index (χ4n) is 2.17. The average Bonchev–Trinajstić information content (AvgIpc) is 3.04. The number of furan rings is 1. The lowest BCUT2D eigenvalue weighted by Gasteiger charge is -2.20. The Hall–Kier alpha value is -2.81. The average molecular weight is 316 g/mol. The van der Waals surface area contributed by atoms with Crippen molar-refractivity contribution in [2.45, 2.75) is 19.4 Å². The molecule has 0 aliphatic rings. The maximum absolute atomic E-state index is 13.7. The van der Waals surface area contributed by atoms with Crippen LogP contribution < -0.4 is 4.74 Å².